The van der Waals surface area contributed by atoms with E-state index in [2.05, 4.69) is 31.3 Å². The minimum atomic E-state index is -0.435. The molecule has 0 spiro atoms. The second-order valence-electron chi connectivity index (χ2n) is 8.61. The summed E-state index contributed by atoms with van der Waals surface area (Å²) in [4.78, 5) is 45.8. The van der Waals surface area contributed by atoms with Gasteiger partial charge in [0, 0.05) is 36.1 Å². The molecule has 1 fully saturated rings. The number of nitriles is 1. The number of hydrogen-bond acceptors (Lipinski definition) is 9. The molecule has 5 rings (SSSR count). The number of benzene rings is 1. The van der Waals surface area contributed by atoms with Gasteiger partial charge in [-0.25, -0.2) is 9.97 Å². The van der Waals surface area contributed by atoms with E-state index in [4.69, 9.17) is 4.74 Å². The van der Waals surface area contributed by atoms with E-state index >= 15 is 0 Å². The van der Waals surface area contributed by atoms with Gasteiger partial charge in [-0.1, -0.05) is 11.3 Å². The van der Waals surface area contributed by atoms with Gasteiger partial charge in [0.1, 0.15) is 11.4 Å². The predicted octanol–water partition coefficient (Wildman–Crippen LogP) is 4.22. The van der Waals surface area contributed by atoms with Gasteiger partial charge < -0.3 is 9.64 Å². The molecule has 2 amide bonds. The number of carbonyl (C=O) groups is 2. The van der Waals surface area contributed by atoms with Crippen molar-refractivity contribution in [1.29, 1.82) is 5.26 Å². The average molecular weight is 514 g/mol. The molecule has 1 aromatic carbocycles. The number of hydrogen-bond donors (Lipinski definition) is 1. The Labute approximate surface area is 217 Å². The Bertz CT molecular complexity index is 1550. The Hall–Kier alpha value is -4.43. The van der Waals surface area contributed by atoms with E-state index in [0.29, 0.717) is 49.3 Å². The van der Waals surface area contributed by atoms with Gasteiger partial charge >= 0.3 is 0 Å². The Kier molecular flexibility index (Phi) is 6.74. The summed E-state index contributed by atoms with van der Waals surface area (Å²) >= 11 is 1.14. The van der Waals surface area contributed by atoms with E-state index < -0.39 is 5.91 Å². The van der Waals surface area contributed by atoms with Gasteiger partial charge in [0.2, 0.25) is 0 Å². The molecule has 0 bridgehead atoms. The minimum Gasteiger partial charge on any atom is -0.496 e. The van der Waals surface area contributed by atoms with E-state index in [1.54, 1.807) is 29.2 Å². The standard InChI is InChI=1S/C26H23N7O3S/c1-15-10-17(18-11-16(12-27)6-7-21(18)36-2)19(13-28-15)23(34)32-26-31-22-24(37-26)30-20(14-29-22)25(35)33-8-4-3-5-9-33/h6-7,10-11,13-14H,3-5,8-9H2,1-2H3,(H,29,31,32,34). The maximum absolute atomic E-state index is 13.3. The normalized spacial score (nSPS) is 13.3. The van der Waals surface area contributed by atoms with Crippen molar-refractivity contribution in [3.8, 4) is 22.9 Å². The van der Waals surface area contributed by atoms with E-state index in [1.165, 1.54) is 19.5 Å². The molecule has 0 saturated carbocycles. The fraction of sp³-hybridized carbons (Fsp3) is 0.269. The molecule has 4 heterocycles. The number of likely N-dealkylation sites (tertiary alicyclic amines) is 1. The van der Waals surface area contributed by atoms with Crippen molar-refractivity contribution in [2.75, 3.05) is 25.5 Å². The van der Waals surface area contributed by atoms with Crippen molar-refractivity contribution in [3.63, 3.8) is 0 Å². The van der Waals surface area contributed by atoms with Crippen molar-refractivity contribution < 1.29 is 14.3 Å². The second kappa shape index (κ2) is 10.3. The monoisotopic (exact) mass is 513 g/mol. The number of piperidine rings is 1. The molecule has 1 aliphatic heterocycles. The molecule has 10 nitrogen and oxygen atoms in total. The van der Waals surface area contributed by atoms with Gasteiger partial charge in [-0.3, -0.25) is 19.9 Å². The van der Waals surface area contributed by atoms with Crippen LogP contribution >= 0.6 is 11.3 Å². The van der Waals surface area contributed by atoms with Crippen LogP contribution in [0.5, 0.6) is 5.75 Å². The number of pyridine rings is 1. The highest BCUT2D eigenvalue weighted by Crippen LogP contribution is 2.34. The smallest absolute Gasteiger partial charge is 0.274 e. The van der Waals surface area contributed by atoms with Crippen LogP contribution in [0.2, 0.25) is 0 Å². The first kappa shape index (κ1) is 24.3. The summed E-state index contributed by atoms with van der Waals surface area (Å²) in [5, 5.41) is 12.5. The summed E-state index contributed by atoms with van der Waals surface area (Å²) < 4.78 is 5.49. The van der Waals surface area contributed by atoms with Crippen molar-refractivity contribution in [1.82, 2.24) is 24.8 Å². The van der Waals surface area contributed by atoms with Gasteiger partial charge in [0.25, 0.3) is 11.8 Å². The van der Waals surface area contributed by atoms with Gasteiger partial charge in [-0.15, -0.1) is 0 Å². The van der Waals surface area contributed by atoms with Crippen molar-refractivity contribution in [3.05, 3.63) is 59.2 Å². The molecule has 37 heavy (non-hydrogen) atoms. The van der Waals surface area contributed by atoms with Crippen LogP contribution < -0.4 is 10.1 Å². The molecule has 0 radical (unpaired) electrons. The third-order valence-electron chi connectivity index (χ3n) is 6.11. The van der Waals surface area contributed by atoms with Crippen LogP contribution in [0.3, 0.4) is 0 Å². The Balaban J connectivity index is 1.44. The maximum atomic E-state index is 13.3. The number of rotatable bonds is 5. The summed E-state index contributed by atoms with van der Waals surface area (Å²) in [7, 11) is 1.53. The SMILES string of the molecule is COc1ccc(C#N)cc1-c1cc(C)ncc1C(=O)Nc1nc2ncc(C(=O)N3CCCCC3)nc2s1. The number of thiazole rings is 1. The molecule has 1 saturated heterocycles. The zero-order valence-electron chi connectivity index (χ0n) is 20.3. The van der Waals surface area contributed by atoms with Crippen molar-refractivity contribution in [2.24, 2.45) is 0 Å². The number of amides is 2. The van der Waals surface area contributed by atoms with E-state index in [0.717, 1.165) is 43.7 Å². The number of nitrogens with one attached hydrogen (secondary N) is 1. The molecule has 0 unspecified atom stereocenters. The highest BCUT2D eigenvalue weighted by molar-refractivity contribution is 7.21. The number of aryl methyl sites for hydroxylation is 1. The summed E-state index contributed by atoms with van der Waals surface area (Å²) in [6.07, 6.45) is 6.02. The molecule has 0 aliphatic carbocycles. The number of anilines is 1. The highest BCUT2D eigenvalue weighted by atomic mass is 32.1. The predicted molar refractivity (Wildman–Crippen MR) is 139 cm³/mol. The number of aromatic nitrogens is 4. The number of methoxy groups -OCH3 is 1. The number of carbonyl (C=O) groups excluding carboxylic acids is 2. The molecular weight excluding hydrogens is 490 g/mol. The minimum absolute atomic E-state index is 0.142. The Morgan fingerprint density at radius 2 is 1.89 bits per heavy atom. The van der Waals surface area contributed by atoms with Crippen molar-refractivity contribution >= 4 is 38.8 Å². The molecular formula is C26H23N7O3S. The zero-order chi connectivity index (χ0) is 25.9. The van der Waals surface area contributed by atoms with Crippen LogP contribution in [0, 0.1) is 18.3 Å². The molecule has 3 aromatic heterocycles. The number of fused-ring (bicyclic) bond motifs is 1. The second-order valence-corrected chi connectivity index (χ2v) is 9.59. The largest absolute Gasteiger partial charge is 0.496 e. The molecule has 1 aliphatic rings. The Morgan fingerprint density at radius 3 is 2.65 bits per heavy atom. The first-order chi connectivity index (χ1) is 18.0. The van der Waals surface area contributed by atoms with Crippen LogP contribution in [-0.2, 0) is 0 Å². The summed E-state index contributed by atoms with van der Waals surface area (Å²) in [6.45, 7) is 3.26. The fourth-order valence-corrected chi connectivity index (χ4v) is 5.05. The molecule has 4 aromatic rings. The number of ether oxygens (including phenoxy) is 1. The number of nitrogens with zero attached hydrogens (tertiary/aromatic N) is 6. The average Bonchev–Trinajstić information content (AvgIpc) is 3.34. The summed E-state index contributed by atoms with van der Waals surface area (Å²) in [6, 6.07) is 8.92. The van der Waals surface area contributed by atoms with Crippen LogP contribution in [0.4, 0.5) is 5.13 Å². The van der Waals surface area contributed by atoms with Crippen LogP contribution in [0.25, 0.3) is 21.6 Å². The van der Waals surface area contributed by atoms with Crippen LogP contribution in [0.15, 0.2) is 36.7 Å². The third-order valence-corrected chi connectivity index (χ3v) is 6.96. The highest BCUT2D eigenvalue weighted by Gasteiger charge is 2.22. The van der Waals surface area contributed by atoms with E-state index in [9.17, 15) is 14.9 Å². The lowest BCUT2D eigenvalue weighted by atomic mass is 9.97. The van der Waals surface area contributed by atoms with Gasteiger partial charge in [-0.2, -0.15) is 10.2 Å². The molecule has 1 N–H and O–H groups in total. The first-order valence-electron chi connectivity index (χ1n) is 11.8. The van der Waals surface area contributed by atoms with E-state index in [-0.39, 0.29) is 11.6 Å². The fourth-order valence-electron chi connectivity index (χ4n) is 4.25. The van der Waals surface area contributed by atoms with E-state index in [1.807, 2.05) is 6.92 Å². The lowest BCUT2D eigenvalue weighted by Crippen LogP contribution is -2.36. The van der Waals surface area contributed by atoms with Gasteiger partial charge in [0.05, 0.1) is 30.5 Å². The van der Waals surface area contributed by atoms with Crippen molar-refractivity contribution in [2.45, 2.75) is 26.2 Å². The lowest BCUT2D eigenvalue weighted by molar-refractivity contribution is 0.0718. The lowest BCUT2D eigenvalue weighted by Gasteiger charge is -2.26. The summed E-state index contributed by atoms with van der Waals surface area (Å²) in [5.41, 5.74) is 3.23. The molecule has 186 valence electrons. The Morgan fingerprint density at radius 1 is 1.08 bits per heavy atom. The molecule has 11 heteroatoms. The molecule has 0 atom stereocenters. The zero-order valence-corrected chi connectivity index (χ0v) is 21.1. The quantitative estimate of drug-likeness (QED) is 0.419. The van der Waals surface area contributed by atoms with Gasteiger partial charge in [0.15, 0.2) is 15.6 Å². The topological polar surface area (TPSA) is 134 Å². The van der Waals surface area contributed by atoms with Gasteiger partial charge in [-0.05, 0) is 50.5 Å². The maximum Gasteiger partial charge on any atom is 0.274 e. The van der Waals surface area contributed by atoms with Crippen LogP contribution in [0.1, 0.15) is 51.4 Å². The third kappa shape index (κ3) is 4.96. The first-order valence-corrected chi connectivity index (χ1v) is 12.6. The van der Waals surface area contributed by atoms with Crippen LogP contribution in [-0.4, -0.2) is 56.8 Å². The summed E-state index contributed by atoms with van der Waals surface area (Å²) in [5.74, 6) is -0.0504.